The molecule has 1 N–H and O–H groups in total. The fourth-order valence-corrected chi connectivity index (χ4v) is 3.16. The highest BCUT2D eigenvalue weighted by Gasteiger charge is 2.21. The van der Waals surface area contributed by atoms with E-state index < -0.39 is 0 Å². The van der Waals surface area contributed by atoms with Gasteiger partial charge in [0.1, 0.15) is 6.23 Å². The average Bonchev–Trinajstić information content (AvgIpc) is 3.11. The second-order valence-corrected chi connectivity index (χ2v) is 6.75. The first kappa shape index (κ1) is 16.8. The van der Waals surface area contributed by atoms with Gasteiger partial charge in [0.05, 0.1) is 6.33 Å². The van der Waals surface area contributed by atoms with Crippen molar-refractivity contribution in [2.75, 3.05) is 30.9 Å². The number of hydrogen-bond donors (Lipinski definition) is 1. The van der Waals surface area contributed by atoms with E-state index in [1.165, 1.54) is 5.56 Å². The van der Waals surface area contributed by atoms with Crippen LogP contribution in [0.5, 0.6) is 0 Å². The fraction of sp³-hybridized carbons (Fsp3) is 0.421. The predicted molar refractivity (Wildman–Crippen MR) is 102 cm³/mol. The molecule has 4 rings (SSSR count). The highest BCUT2D eigenvalue weighted by atomic mass is 16.5. The second-order valence-electron chi connectivity index (χ2n) is 6.75. The van der Waals surface area contributed by atoms with Gasteiger partial charge >= 0.3 is 0 Å². The van der Waals surface area contributed by atoms with Crippen LogP contribution in [0.2, 0.25) is 0 Å². The van der Waals surface area contributed by atoms with E-state index in [-0.39, 0.29) is 6.23 Å². The zero-order valence-corrected chi connectivity index (χ0v) is 15.2. The zero-order chi connectivity index (χ0) is 17.9. The third-order valence-corrected chi connectivity index (χ3v) is 4.58. The number of imidazole rings is 1. The summed E-state index contributed by atoms with van der Waals surface area (Å²) in [6.45, 7) is 1.47. The fourth-order valence-electron chi connectivity index (χ4n) is 3.16. The summed E-state index contributed by atoms with van der Waals surface area (Å²) in [6, 6.07) is 10.3. The van der Waals surface area contributed by atoms with Gasteiger partial charge in [-0.05, 0) is 24.8 Å². The van der Waals surface area contributed by atoms with Gasteiger partial charge in [0.15, 0.2) is 17.0 Å². The second kappa shape index (κ2) is 7.29. The minimum atomic E-state index is 0.000589. The Labute approximate surface area is 153 Å². The van der Waals surface area contributed by atoms with Crippen LogP contribution < -0.4 is 10.2 Å². The lowest BCUT2D eigenvalue weighted by atomic mass is 10.2. The van der Waals surface area contributed by atoms with Crippen molar-refractivity contribution in [1.29, 1.82) is 0 Å². The van der Waals surface area contributed by atoms with E-state index in [0.717, 1.165) is 42.9 Å². The van der Waals surface area contributed by atoms with Crippen molar-refractivity contribution in [2.45, 2.75) is 32.0 Å². The maximum atomic E-state index is 5.93. The molecule has 1 unspecified atom stereocenters. The molecule has 0 radical (unpaired) electrons. The van der Waals surface area contributed by atoms with E-state index in [1.807, 2.05) is 48.1 Å². The molecule has 3 heterocycles. The van der Waals surface area contributed by atoms with E-state index in [4.69, 9.17) is 9.72 Å². The molecule has 2 aromatic heterocycles. The molecule has 0 saturated carbocycles. The minimum absolute atomic E-state index is 0.000589. The third-order valence-electron chi connectivity index (χ3n) is 4.58. The van der Waals surface area contributed by atoms with Crippen molar-refractivity contribution < 1.29 is 4.74 Å². The first-order valence-electron chi connectivity index (χ1n) is 9.03. The maximum absolute atomic E-state index is 5.93. The minimum Gasteiger partial charge on any atom is -0.364 e. The number of hydrogen-bond acceptors (Lipinski definition) is 6. The van der Waals surface area contributed by atoms with Crippen LogP contribution in [0.4, 0.5) is 11.8 Å². The third kappa shape index (κ3) is 3.35. The van der Waals surface area contributed by atoms with Gasteiger partial charge in [-0.25, -0.2) is 4.98 Å². The number of ether oxygens (including phenoxy) is 1. The highest BCUT2D eigenvalue weighted by molar-refractivity contribution is 5.84. The van der Waals surface area contributed by atoms with Gasteiger partial charge in [-0.1, -0.05) is 30.3 Å². The lowest BCUT2D eigenvalue weighted by Crippen LogP contribution is -2.19. The van der Waals surface area contributed by atoms with Gasteiger partial charge in [0.25, 0.3) is 0 Å². The van der Waals surface area contributed by atoms with Gasteiger partial charge < -0.3 is 15.0 Å². The summed E-state index contributed by atoms with van der Waals surface area (Å²) in [5, 5.41) is 3.42. The van der Waals surface area contributed by atoms with Crippen LogP contribution in [0.3, 0.4) is 0 Å². The Bertz CT molecular complexity index is 870. The summed E-state index contributed by atoms with van der Waals surface area (Å²) >= 11 is 0. The summed E-state index contributed by atoms with van der Waals surface area (Å²) in [6.07, 6.45) is 5.09. The molecule has 136 valence electrons. The Hall–Kier alpha value is -2.67. The van der Waals surface area contributed by atoms with Crippen LogP contribution >= 0.6 is 0 Å². The molecule has 0 bridgehead atoms. The van der Waals surface area contributed by atoms with Crippen molar-refractivity contribution in [3.63, 3.8) is 0 Å². The van der Waals surface area contributed by atoms with E-state index in [1.54, 1.807) is 0 Å². The summed E-state index contributed by atoms with van der Waals surface area (Å²) in [7, 11) is 3.89. The standard InChI is InChI=1S/C19H24N6O/c1-24(2)19-22-17(20-12-14-8-4-3-5-9-14)16-18(23-19)25(13-21-16)15-10-6-7-11-26-15/h3-5,8-9,13,15H,6-7,10-12H2,1-2H3,(H,20,22,23). The number of fused-ring (bicyclic) bond motifs is 1. The Kier molecular flexibility index (Phi) is 4.71. The first-order valence-corrected chi connectivity index (χ1v) is 9.03. The predicted octanol–water partition coefficient (Wildman–Crippen LogP) is 3.20. The maximum Gasteiger partial charge on any atom is 0.228 e. The normalized spacial score (nSPS) is 17.4. The van der Waals surface area contributed by atoms with E-state index in [0.29, 0.717) is 12.5 Å². The van der Waals surface area contributed by atoms with E-state index >= 15 is 0 Å². The molecule has 1 fully saturated rings. The number of benzene rings is 1. The van der Waals surface area contributed by atoms with Crippen LogP contribution in [-0.4, -0.2) is 40.2 Å². The summed E-state index contributed by atoms with van der Waals surface area (Å²) in [5.41, 5.74) is 2.78. The number of nitrogens with zero attached hydrogens (tertiary/aromatic N) is 5. The quantitative estimate of drug-likeness (QED) is 0.760. The van der Waals surface area contributed by atoms with Crippen LogP contribution in [-0.2, 0) is 11.3 Å². The lowest BCUT2D eigenvalue weighted by Gasteiger charge is -2.24. The van der Waals surface area contributed by atoms with Gasteiger partial charge in [-0.3, -0.25) is 4.57 Å². The molecule has 1 aliphatic rings. The first-order chi connectivity index (χ1) is 12.7. The molecule has 1 saturated heterocycles. The molecule has 0 amide bonds. The number of aromatic nitrogens is 4. The number of nitrogens with one attached hydrogen (secondary N) is 1. The molecule has 26 heavy (non-hydrogen) atoms. The number of anilines is 2. The van der Waals surface area contributed by atoms with Gasteiger partial charge in [-0.15, -0.1) is 0 Å². The Morgan fingerprint density at radius 1 is 1.19 bits per heavy atom. The van der Waals surface area contributed by atoms with Crippen molar-refractivity contribution in [3.05, 3.63) is 42.2 Å². The van der Waals surface area contributed by atoms with E-state index in [2.05, 4.69) is 27.4 Å². The monoisotopic (exact) mass is 352 g/mol. The number of rotatable bonds is 5. The van der Waals surface area contributed by atoms with E-state index in [9.17, 15) is 0 Å². The smallest absolute Gasteiger partial charge is 0.228 e. The highest BCUT2D eigenvalue weighted by Crippen LogP contribution is 2.29. The molecular weight excluding hydrogens is 328 g/mol. The van der Waals surface area contributed by atoms with Crippen molar-refractivity contribution >= 4 is 22.9 Å². The molecule has 1 aliphatic heterocycles. The molecule has 1 atom stereocenters. The molecule has 3 aromatic rings. The van der Waals surface area contributed by atoms with Gasteiger partial charge in [-0.2, -0.15) is 9.97 Å². The largest absolute Gasteiger partial charge is 0.364 e. The van der Waals surface area contributed by atoms with Gasteiger partial charge in [0, 0.05) is 27.2 Å². The molecule has 7 heteroatoms. The molecule has 1 aromatic carbocycles. The van der Waals surface area contributed by atoms with Crippen molar-refractivity contribution in [2.24, 2.45) is 0 Å². The van der Waals surface area contributed by atoms with Crippen molar-refractivity contribution in [3.8, 4) is 0 Å². The van der Waals surface area contributed by atoms with Crippen LogP contribution in [0.25, 0.3) is 11.2 Å². The van der Waals surface area contributed by atoms with Gasteiger partial charge in [0.2, 0.25) is 5.95 Å². The average molecular weight is 352 g/mol. The lowest BCUT2D eigenvalue weighted by molar-refractivity contribution is -0.0298. The Morgan fingerprint density at radius 3 is 2.77 bits per heavy atom. The van der Waals surface area contributed by atoms with Crippen LogP contribution in [0.1, 0.15) is 31.1 Å². The van der Waals surface area contributed by atoms with Crippen LogP contribution in [0, 0.1) is 0 Å². The molecule has 7 nitrogen and oxygen atoms in total. The van der Waals surface area contributed by atoms with Crippen LogP contribution in [0.15, 0.2) is 36.7 Å². The topological polar surface area (TPSA) is 68.1 Å². The molecular formula is C19H24N6O. The Morgan fingerprint density at radius 2 is 2.04 bits per heavy atom. The zero-order valence-electron chi connectivity index (χ0n) is 15.2. The summed E-state index contributed by atoms with van der Waals surface area (Å²) < 4.78 is 7.97. The van der Waals surface area contributed by atoms with Crippen molar-refractivity contribution in [1.82, 2.24) is 19.5 Å². The molecule has 0 spiro atoms. The Balaban J connectivity index is 1.70. The molecule has 0 aliphatic carbocycles. The SMILES string of the molecule is CN(C)c1nc(NCc2ccccc2)c2ncn(C3CCCCO3)c2n1. The summed E-state index contributed by atoms with van der Waals surface area (Å²) in [5.74, 6) is 1.41. The summed E-state index contributed by atoms with van der Waals surface area (Å²) in [4.78, 5) is 15.9.